The molecule has 1 aliphatic carbocycles. The van der Waals surface area contributed by atoms with Crippen molar-refractivity contribution < 1.29 is 5.11 Å². The minimum Gasteiger partial charge on any atom is -0.393 e. The van der Waals surface area contributed by atoms with Gasteiger partial charge in [0.1, 0.15) is 0 Å². The van der Waals surface area contributed by atoms with Crippen molar-refractivity contribution >= 4 is 0 Å². The molecule has 1 saturated carbocycles. The fraction of sp³-hybridized carbons (Fsp3) is 1.00. The van der Waals surface area contributed by atoms with E-state index in [1.54, 1.807) is 0 Å². The summed E-state index contributed by atoms with van der Waals surface area (Å²) >= 11 is 0. The number of nitrogens with two attached hydrogens (primary N) is 1. The molecular formula is C11H23NO. The van der Waals surface area contributed by atoms with E-state index in [1.165, 1.54) is 19.3 Å². The lowest BCUT2D eigenvalue weighted by atomic mass is 9.78. The summed E-state index contributed by atoms with van der Waals surface area (Å²) in [6.45, 7) is 2.79. The van der Waals surface area contributed by atoms with E-state index in [0.29, 0.717) is 12.5 Å². The van der Waals surface area contributed by atoms with Gasteiger partial charge in [-0.25, -0.2) is 0 Å². The highest BCUT2D eigenvalue weighted by Gasteiger charge is 2.24. The summed E-state index contributed by atoms with van der Waals surface area (Å²) in [6, 6.07) is 0. The van der Waals surface area contributed by atoms with Gasteiger partial charge in [0, 0.05) is 0 Å². The van der Waals surface area contributed by atoms with Crippen molar-refractivity contribution in [2.24, 2.45) is 17.6 Å². The van der Waals surface area contributed by atoms with Gasteiger partial charge in [0.15, 0.2) is 0 Å². The van der Waals surface area contributed by atoms with E-state index in [9.17, 15) is 5.11 Å². The lowest BCUT2D eigenvalue weighted by Gasteiger charge is -2.30. The Morgan fingerprint density at radius 1 is 1.46 bits per heavy atom. The average Bonchev–Trinajstić information content (AvgIpc) is 2.07. The minimum atomic E-state index is -0.143. The van der Waals surface area contributed by atoms with Gasteiger partial charge in [0.2, 0.25) is 0 Å². The van der Waals surface area contributed by atoms with E-state index < -0.39 is 0 Å². The predicted molar refractivity (Wildman–Crippen MR) is 55.4 cm³/mol. The van der Waals surface area contributed by atoms with Gasteiger partial charge in [-0.15, -0.1) is 0 Å². The predicted octanol–water partition coefficient (Wildman–Crippen LogP) is 1.91. The number of aliphatic hydroxyl groups excluding tert-OH is 1. The molecule has 0 aromatic carbocycles. The van der Waals surface area contributed by atoms with Crippen LogP contribution in [0.2, 0.25) is 0 Å². The van der Waals surface area contributed by atoms with E-state index in [1.807, 2.05) is 0 Å². The van der Waals surface area contributed by atoms with Crippen molar-refractivity contribution in [1.82, 2.24) is 0 Å². The van der Waals surface area contributed by atoms with Crippen LogP contribution in [0.25, 0.3) is 0 Å². The quantitative estimate of drug-likeness (QED) is 0.664. The molecule has 2 heteroatoms. The molecule has 0 saturated heterocycles. The van der Waals surface area contributed by atoms with Gasteiger partial charge in [0.05, 0.1) is 6.10 Å². The second kappa shape index (κ2) is 5.61. The lowest BCUT2D eigenvalue weighted by Crippen LogP contribution is -2.31. The second-order valence-electron chi connectivity index (χ2n) is 4.38. The van der Waals surface area contributed by atoms with E-state index in [2.05, 4.69) is 6.92 Å². The molecule has 0 heterocycles. The van der Waals surface area contributed by atoms with Crippen LogP contribution in [0.1, 0.15) is 45.4 Å². The summed E-state index contributed by atoms with van der Waals surface area (Å²) in [7, 11) is 0. The van der Waals surface area contributed by atoms with Crippen LogP contribution in [0.15, 0.2) is 0 Å². The fourth-order valence-electron chi connectivity index (χ4n) is 2.10. The van der Waals surface area contributed by atoms with Gasteiger partial charge < -0.3 is 10.8 Å². The first kappa shape index (κ1) is 11.0. The SMILES string of the molecule is CCCC(CN)C(O)CC1CCC1. The third kappa shape index (κ3) is 3.28. The van der Waals surface area contributed by atoms with Gasteiger partial charge in [-0.3, -0.25) is 0 Å². The first-order chi connectivity index (χ1) is 6.27. The van der Waals surface area contributed by atoms with Crippen molar-refractivity contribution in [3.05, 3.63) is 0 Å². The normalized spacial score (nSPS) is 22.4. The monoisotopic (exact) mass is 185 g/mol. The molecule has 0 radical (unpaired) electrons. The van der Waals surface area contributed by atoms with Crippen LogP contribution in [0.3, 0.4) is 0 Å². The topological polar surface area (TPSA) is 46.2 Å². The van der Waals surface area contributed by atoms with Crippen LogP contribution in [0, 0.1) is 11.8 Å². The molecule has 1 rings (SSSR count). The smallest absolute Gasteiger partial charge is 0.0583 e. The first-order valence-electron chi connectivity index (χ1n) is 5.66. The molecule has 0 aromatic heterocycles. The lowest BCUT2D eigenvalue weighted by molar-refractivity contribution is 0.0647. The summed E-state index contributed by atoms with van der Waals surface area (Å²) in [5.74, 6) is 1.13. The van der Waals surface area contributed by atoms with Crippen molar-refractivity contribution in [1.29, 1.82) is 0 Å². The molecule has 0 aromatic rings. The van der Waals surface area contributed by atoms with Crippen molar-refractivity contribution in [2.45, 2.75) is 51.6 Å². The highest BCUT2D eigenvalue weighted by molar-refractivity contribution is 4.77. The Morgan fingerprint density at radius 2 is 2.15 bits per heavy atom. The Morgan fingerprint density at radius 3 is 2.54 bits per heavy atom. The molecule has 2 nitrogen and oxygen atoms in total. The Kier molecular flexibility index (Phi) is 4.74. The zero-order valence-corrected chi connectivity index (χ0v) is 8.71. The molecule has 0 spiro atoms. The Labute approximate surface area is 81.5 Å². The van der Waals surface area contributed by atoms with Crippen molar-refractivity contribution in [3.8, 4) is 0 Å². The highest BCUT2D eigenvalue weighted by atomic mass is 16.3. The molecule has 0 amide bonds. The number of rotatable bonds is 6. The number of hydrogen-bond acceptors (Lipinski definition) is 2. The third-order valence-corrected chi connectivity index (χ3v) is 3.31. The summed E-state index contributed by atoms with van der Waals surface area (Å²) in [6.07, 6.45) is 7.05. The first-order valence-corrected chi connectivity index (χ1v) is 5.66. The molecule has 1 aliphatic rings. The Bertz CT molecular complexity index is 134. The molecule has 2 unspecified atom stereocenters. The molecule has 0 bridgehead atoms. The zero-order chi connectivity index (χ0) is 9.68. The van der Waals surface area contributed by atoms with Gasteiger partial charge in [-0.2, -0.15) is 0 Å². The molecular weight excluding hydrogens is 162 g/mol. The summed E-state index contributed by atoms with van der Waals surface area (Å²) in [5, 5.41) is 9.90. The van der Waals surface area contributed by atoms with Gasteiger partial charge >= 0.3 is 0 Å². The summed E-state index contributed by atoms with van der Waals surface area (Å²) in [5.41, 5.74) is 5.63. The summed E-state index contributed by atoms with van der Waals surface area (Å²) < 4.78 is 0. The maximum absolute atomic E-state index is 9.90. The van der Waals surface area contributed by atoms with E-state index in [0.717, 1.165) is 25.2 Å². The molecule has 3 N–H and O–H groups in total. The molecule has 2 atom stereocenters. The Hall–Kier alpha value is -0.0800. The highest BCUT2D eigenvalue weighted by Crippen LogP contribution is 2.32. The largest absolute Gasteiger partial charge is 0.393 e. The van der Waals surface area contributed by atoms with E-state index in [4.69, 9.17) is 5.73 Å². The number of aliphatic hydroxyl groups is 1. The fourth-order valence-corrected chi connectivity index (χ4v) is 2.10. The van der Waals surface area contributed by atoms with Crippen LogP contribution in [-0.4, -0.2) is 17.8 Å². The van der Waals surface area contributed by atoms with Crippen LogP contribution >= 0.6 is 0 Å². The maximum atomic E-state index is 9.90. The van der Waals surface area contributed by atoms with Gasteiger partial charge in [-0.05, 0) is 31.2 Å². The maximum Gasteiger partial charge on any atom is 0.0583 e. The average molecular weight is 185 g/mol. The third-order valence-electron chi connectivity index (χ3n) is 3.31. The molecule has 0 aliphatic heterocycles. The van der Waals surface area contributed by atoms with Crippen molar-refractivity contribution in [3.63, 3.8) is 0 Å². The zero-order valence-electron chi connectivity index (χ0n) is 8.71. The van der Waals surface area contributed by atoms with Crippen LogP contribution in [-0.2, 0) is 0 Å². The van der Waals surface area contributed by atoms with Crippen LogP contribution in [0.4, 0.5) is 0 Å². The minimum absolute atomic E-state index is 0.143. The van der Waals surface area contributed by atoms with Crippen LogP contribution < -0.4 is 5.73 Å². The van der Waals surface area contributed by atoms with E-state index >= 15 is 0 Å². The molecule has 78 valence electrons. The molecule has 13 heavy (non-hydrogen) atoms. The summed E-state index contributed by atoms with van der Waals surface area (Å²) in [4.78, 5) is 0. The van der Waals surface area contributed by atoms with Gasteiger partial charge in [-0.1, -0.05) is 32.6 Å². The number of hydrogen-bond donors (Lipinski definition) is 2. The second-order valence-corrected chi connectivity index (χ2v) is 4.38. The van der Waals surface area contributed by atoms with Gasteiger partial charge in [0.25, 0.3) is 0 Å². The Balaban J connectivity index is 2.20. The molecule has 1 fully saturated rings. The van der Waals surface area contributed by atoms with E-state index in [-0.39, 0.29) is 6.10 Å². The van der Waals surface area contributed by atoms with Crippen LogP contribution in [0.5, 0.6) is 0 Å². The van der Waals surface area contributed by atoms with Crippen molar-refractivity contribution in [2.75, 3.05) is 6.54 Å². The standard InChI is InChI=1S/C11H23NO/c1-2-4-10(8-12)11(13)7-9-5-3-6-9/h9-11,13H,2-8,12H2,1H3.